The number of pyridine rings is 1. The van der Waals surface area contributed by atoms with Gasteiger partial charge in [0.15, 0.2) is 0 Å². The van der Waals surface area contributed by atoms with Crippen molar-refractivity contribution >= 4 is 35.1 Å². The molecule has 0 radical (unpaired) electrons. The van der Waals surface area contributed by atoms with Crippen LogP contribution in [0, 0.1) is 12.8 Å². The average Bonchev–Trinajstić information content (AvgIpc) is 2.84. The standard InChI is InChI=1S/C26H28N4O2S/c1-19-5-2-8-23(15-19)29-26(32)30-14-4-7-21(17-30)25(31)28-22-9-11-24(12-10-22)33-18-20-6-3-13-27-16-20/h2-3,5-6,8-13,15-16,21H,4,7,14,17-18H2,1H3,(H,28,31)(H,29,32). The molecule has 0 saturated carbocycles. The van der Waals surface area contributed by atoms with Gasteiger partial charge in [-0.1, -0.05) is 18.2 Å². The Kier molecular flexibility index (Phi) is 7.62. The minimum Gasteiger partial charge on any atom is -0.326 e. The van der Waals surface area contributed by atoms with E-state index in [1.165, 1.54) is 5.56 Å². The second-order valence-corrected chi connectivity index (χ2v) is 9.30. The number of piperidine rings is 1. The summed E-state index contributed by atoms with van der Waals surface area (Å²) in [4.78, 5) is 32.5. The summed E-state index contributed by atoms with van der Waals surface area (Å²) in [5.41, 5.74) is 3.80. The first-order chi connectivity index (χ1) is 16.1. The zero-order chi connectivity index (χ0) is 23.0. The predicted octanol–water partition coefficient (Wildman–Crippen LogP) is 5.56. The Labute approximate surface area is 198 Å². The molecule has 2 N–H and O–H groups in total. The van der Waals surface area contributed by atoms with Crippen molar-refractivity contribution < 1.29 is 9.59 Å². The van der Waals surface area contributed by atoms with Gasteiger partial charge in [-0.2, -0.15) is 0 Å². The third-order valence-corrected chi connectivity index (χ3v) is 6.68. The van der Waals surface area contributed by atoms with Gasteiger partial charge in [-0.15, -0.1) is 11.8 Å². The minimum absolute atomic E-state index is 0.0428. The van der Waals surface area contributed by atoms with Crippen molar-refractivity contribution in [1.29, 1.82) is 0 Å². The molecule has 1 aliphatic rings. The first kappa shape index (κ1) is 22.9. The fourth-order valence-corrected chi connectivity index (χ4v) is 4.66. The van der Waals surface area contributed by atoms with Gasteiger partial charge in [-0.3, -0.25) is 9.78 Å². The molecule has 1 aliphatic heterocycles. The molecule has 0 spiro atoms. The number of thioether (sulfide) groups is 1. The second kappa shape index (κ2) is 11.0. The molecule has 0 bridgehead atoms. The van der Waals surface area contributed by atoms with Crippen LogP contribution in [0.15, 0.2) is 78.0 Å². The maximum atomic E-state index is 12.9. The van der Waals surface area contributed by atoms with Crippen LogP contribution in [-0.4, -0.2) is 34.9 Å². The van der Waals surface area contributed by atoms with Crippen molar-refractivity contribution in [2.45, 2.75) is 30.4 Å². The van der Waals surface area contributed by atoms with E-state index in [1.54, 1.807) is 22.9 Å². The topological polar surface area (TPSA) is 74.3 Å². The molecule has 3 amide bonds. The fraction of sp³-hybridized carbons (Fsp3) is 0.269. The zero-order valence-corrected chi connectivity index (χ0v) is 19.5. The number of rotatable bonds is 6. The number of hydrogen-bond acceptors (Lipinski definition) is 4. The van der Waals surface area contributed by atoms with Crippen LogP contribution in [0.4, 0.5) is 16.2 Å². The fourth-order valence-electron chi connectivity index (χ4n) is 3.83. The summed E-state index contributed by atoms with van der Waals surface area (Å²) in [5.74, 6) is 0.586. The molecule has 0 aliphatic carbocycles. The summed E-state index contributed by atoms with van der Waals surface area (Å²) < 4.78 is 0. The van der Waals surface area contributed by atoms with Crippen LogP contribution in [0.1, 0.15) is 24.0 Å². The van der Waals surface area contributed by atoms with Crippen LogP contribution in [0.25, 0.3) is 0 Å². The number of carbonyl (C=O) groups is 2. The average molecular weight is 461 g/mol. The molecule has 170 valence electrons. The monoisotopic (exact) mass is 460 g/mol. The number of carbonyl (C=O) groups excluding carboxylic acids is 2. The molecule has 1 atom stereocenters. The highest BCUT2D eigenvalue weighted by Gasteiger charge is 2.28. The summed E-state index contributed by atoms with van der Waals surface area (Å²) in [7, 11) is 0. The van der Waals surface area contributed by atoms with E-state index in [4.69, 9.17) is 0 Å². The Morgan fingerprint density at radius 3 is 2.67 bits per heavy atom. The van der Waals surface area contributed by atoms with Crippen LogP contribution < -0.4 is 10.6 Å². The first-order valence-corrected chi connectivity index (χ1v) is 12.1. The van der Waals surface area contributed by atoms with Crippen LogP contribution >= 0.6 is 11.8 Å². The number of amides is 3. The third kappa shape index (κ3) is 6.58. The van der Waals surface area contributed by atoms with Crippen molar-refractivity contribution in [3.63, 3.8) is 0 Å². The highest BCUT2D eigenvalue weighted by molar-refractivity contribution is 7.98. The highest BCUT2D eigenvalue weighted by atomic mass is 32.2. The van der Waals surface area contributed by atoms with E-state index in [2.05, 4.69) is 21.7 Å². The van der Waals surface area contributed by atoms with E-state index in [1.807, 2.05) is 67.7 Å². The Morgan fingerprint density at radius 1 is 1.06 bits per heavy atom. The Bertz CT molecular complexity index is 1090. The SMILES string of the molecule is Cc1cccc(NC(=O)N2CCCC(C(=O)Nc3ccc(SCc4cccnc4)cc3)C2)c1. The van der Waals surface area contributed by atoms with Gasteiger partial charge in [0.2, 0.25) is 5.91 Å². The minimum atomic E-state index is -0.221. The number of benzene rings is 2. The lowest BCUT2D eigenvalue weighted by Crippen LogP contribution is -2.45. The van der Waals surface area contributed by atoms with E-state index in [0.717, 1.165) is 40.4 Å². The van der Waals surface area contributed by atoms with E-state index >= 15 is 0 Å². The summed E-state index contributed by atoms with van der Waals surface area (Å²) in [6.07, 6.45) is 5.23. The number of likely N-dealkylation sites (tertiary alicyclic amines) is 1. The van der Waals surface area contributed by atoms with Gasteiger partial charge in [0.25, 0.3) is 0 Å². The van der Waals surface area contributed by atoms with Crippen LogP contribution in [-0.2, 0) is 10.5 Å². The third-order valence-electron chi connectivity index (χ3n) is 5.60. The van der Waals surface area contributed by atoms with Gasteiger partial charge in [-0.05, 0) is 73.4 Å². The molecule has 2 heterocycles. The molecule has 2 aromatic carbocycles. The molecule has 33 heavy (non-hydrogen) atoms. The molecule has 7 heteroatoms. The Hall–Kier alpha value is -3.32. The molecule has 6 nitrogen and oxygen atoms in total. The van der Waals surface area contributed by atoms with E-state index in [0.29, 0.717) is 13.1 Å². The van der Waals surface area contributed by atoms with Crippen LogP contribution in [0.2, 0.25) is 0 Å². The van der Waals surface area contributed by atoms with E-state index in [9.17, 15) is 9.59 Å². The molecular weight excluding hydrogens is 432 g/mol. The summed E-state index contributed by atoms with van der Waals surface area (Å²) in [6.45, 7) is 3.07. The molecule has 1 aromatic heterocycles. The number of nitrogens with zero attached hydrogens (tertiary/aromatic N) is 2. The molecule has 3 aromatic rings. The normalized spacial score (nSPS) is 15.7. The van der Waals surface area contributed by atoms with Crippen molar-refractivity contribution in [3.05, 3.63) is 84.2 Å². The summed E-state index contributed by atoms with van der Waals surface area (Å²) in [6, 6.07) is 19.4. The lowest BCUT2D eigenvalue weighted by atomic mass is 9.97. The zero-order valence-electron chi connectivity index (χ0n) is 18.7. The number of aromatic nitrogens is 1. The van der Waals surface area contributed by atoms with E-state index in [-0.39, 0.29) is 17.9 Å². The van der Waals surface area contributed by atoms with E-state index < -0.39 is 0 Å². The molecule has 1 saturated heterocycles. The predicted molar refractivity (Wildman–Crippen MR) is 133 cm³/mol. The number of aryl methyl sites for hydroxylation is 1. The van der Waals surface area contributed by atoms with Crippen molar-refractivity contribution in [3.8, 4) is 0 Å². The number of hydrogen-bond donors (Lipinski definition) is 2. The second-order valence-electron chi connectivity index (χ2n) is 8.25. The van der Waals surface area contributed by atoms with Crippen molar-refractivity contribution in [2.75, 3.05) is 23.7 Å². The Morgan fingerprint density at radius 2 is 1.91 bits per heavy atom. The molecule has 1 fully saturated rings. The van der Waals surface area contributed by atoms with Crippen molar-refractivity contribution in [2.24, 2.45) is 5.92 Å². The van der Waals surface area contributed by atoms with Gasteiger partial charge in [0.05, 0.1) is 5.92 Å². The maximum absolute atomic E-state index is 12.9. The van der Waals surface area contributed by atoms with Gasteiger partial charge >= 0.3 is 6.03 Å². The van der Waals surface area contributed by atoms with Gasteiger partial charge in [-0.25, -0.2) is 4.79 Å². The lowest BCUT2D eigenvalue weighted by Gasteiger charge is -2.32. The van der Waals surface area contributed by atoms with Crippen LogP contribution in [0.3, 0.4) is 0 Å². The quantitative estimate of drug-likeness (QED) is 0.472. The van der Waals surface area contributed by atoms with Gasteiger partial charge in [0.1, 0.15) is 0 Å². The number of urea groups is 1. The molecular formula is C26H28N4O2S. The number of nitrogens with one attached hydrogen (secondary N) is 2. The van der Waals surface area contributed by atoms with Crippen molar-refractivity contribution in [1.82, 2.24) is 9.88 Å². The van der Waals surface area contributed by atoms with Gasteiger partial charge in [0, 0.05) is 47.5 Å². The largest absolute Gasteiger partial charge is 0.326 e. The molecule has 1 unspecified atom stereocenters. The maximum Gasteiger partial charge on any atom is 0.321 e. The summed E-state index contributed by atoms with van der Waals surface area (Å²) >= 11 is 1.73. The highest BCUT2D eigenvalue weighted by Crippen LogP contribution is 2.25. The smallest absolute Gasteiger partial charge is 0.321 e. The molecule has 4 rings (SSSR count). The number of anilines is 2. The van der Waals surface area contributed by atoms with Gasteiger partial charge < -0.3 is 15.5 Å². The first-order valence-electron chi connectivity index (χ1n) is 11.1. The lowest BCUT2D eigenvalue weighted by molar-refractivity contribution is -0.121. The summed E-state index contributed by atoms with van der Waals surface area (Å²) in [5, 5.41) is 5.95. The Balaban J connectivity index is 1.28. The van der Waals surface area contributed by atoms with Crippen LogP contribution in [0.5, 0.6) is 0 Å².